The van der Waals surface area contributed by atoms with Crippen LogP contribution in [0.5, 0.6) is 0 Å². The number of carbonyl (C=O) groups excluding carboxylic acids is 2. The van der Waals surface area contributed by atoms with E-state index in [1.54, 1.807) is 0 Å². The highest BCUT2D eigenvalue weighted by atomic mass is 35.5. The van der Waals surface area contributed by atoms with Crippen molar-refractivity contribution in [1.29, 1.82) is 0 Å². The highest BCUT2D eigenvalue weighted by Crippen LogP contribution is 2.41. The molecule has 2 aromatic carbocycles. The Hall–Kier alpha value is -3.92. The number of pyridine rings is 1. The number of benzene rings is 2. The summed E-state index contributed by atoms with van der Waals surface area (Å²) in [7, 11) is 1.11. The van der Waals surface area contributed by atoms with Crippen molar-refractivity contribution < 1.29 is 36.3 Å². The van der Waals surface area contributed by atoms with Gasteiger partial charge in [-0.25, -0.2) is 13.6 Å². The second-order valence-electron chi connectivity index (χ2n) is 7.32. The van der Waals surface area contributed by atoms with Crippen LogP contribution in [-0.2, 0) is 10.9 Å². The Morgan fingerprint density at radius 2 is 1.60 bits per heavy atom. The summed E-state index contributed by atoms with van der Waals surface area (Å²) in [5.41, 5.74) is -2.07. The van der Waals surface area contributed by atoms with E-state index in [2.05, 4.69) is 10.1 Å². The minimum atomic E-state index is -4.76. The van der Waals surface area contributed by atoms with Gasteiger partial charge in [0.25, 0.3) is 5.91 Å². The monoisotopic (exact) mass is 508 g/mol. The number of nitrogens with zero attached hydrogens (tertiary/aromatic N) is 1. The molecular weight excluding hydrogens is 495 g/mol. The van der Waals surface area contributed by atoms with Gasteiger partial charge in [-0.3, -0.25) is 9.20 Å². The molecule has 0 bridgehead atoms. The zero-order valence-corrected chi connectivity index (χ0v) is 18.5. The van der Waals surface area contributed by atoms with Crippen LogP contribution in [0.4, 0.5) is 27.6 Å². The molecule has 0 radical (unpaired) electrons. The molecule has 35 heavy (non-hydrogen) atoms. The fourth-order valence-corrected chi connectivity index (χ4v) is 3.93. The molecule has 0 aliphatic carbocycles. The Bertz CT molecular complexity index is 1440. The molecule has 0 unspecified atom stereocenters. The molecule has 0 saturated heterocycles. The van der Waals surface area contributed by atoms with Crippen molar-refractivity contribution >= 4 is 34.7 Å². The van der Waals surface area contributed by atoms with Crippen molar-refractivity contribution in [1.82, 2.24) is 4.40 Å². The van der Waals surface area contributed by atoms with Crippen LogP contribution in [0, 0.1) is 11.6 Å². The van der Waals surface area contributed by atoms with Gasteiger partial charge in [-0.05, 0) is 48.0 Å². The maximum Gasteiger partial charge on any atom is 0.418 e. The lowest BCUT2D eigenvalue weighted by Crippen LogP contribution is -2.15. The molecule has 4 aromatic rings. The molecule has 11 heteroatoms. The van der Waals surface area contributed by atoms with Gasteiger partial charge in [0.05, 0.1) is 23.9 Å². The van der Waals surface area contributed by atoms with Gasteiger partial charge in [-0.15, -0.1) is 0 Å². The first kappa shape index (κ1) is 24.2. The van der Waals surface area contributed by atoms with Gasteiger partial charge in [0.15, 0.2) is 0 Å². The largest absolute Gasteiger partial charge is 0.465 e. The summed E-state index contributed by atoms with van der Waals surface area (Å²) in [5.74, 6) is -4.03. The molecule has 0 aliphatic rings. The Kier molecular flexibility index (Phi) is 6.25. The van der Waals surface area contributed by atoms with E-state index in [9.17, 15) is 31.5 Å². The summed E-state index contributed by atoms with van der Waals surface area (Å²) in [4.78, 5) is 24.3. The zero-order chi connectivity index (χ0) is 25.5. The van der Waals surface area contributed by atoms with E-state index in [0.29, 0.717) is 0 Å². The van der Waals surface area contributed by atoms with Crippen molar-refractivity contribution in [3.8, 4) is 11.3 Å². The van der Waals surface area contributed by atoms with Crippen LogP contribution in [0.15, 0.2) is 60.7 Å². The molecule has 2 heterocycles. The first-order chi connectivity index (χ1) is 16.5. The number of ether oxygens (including phenoxy) is 1. The summed E-state index contributed by atoms with van der Waals surface area (Å²) in [5, 5.41) is 2.02. The lowest BCUT2D eigenvalue weighted by atomic mass is 10.1. The number of rotatable bonds is 4. The zero-order valence-electron chi connectivity index (χ0n) is 17.7. The lowest BCUT2D eigenvalue weighted by molar-refractivity contribution is -0.137. The molecule has 180 valence electrons. The molecule has 0 fully saturated rings. The first-order valence-electron chi connectivity index (χ1n) is 9.88. The maximum absolute atomic E-state index is 13.9. The van der Waals surface area contributed by atoms with Crippen LogP contribution in [0.25, 0.3) is 16.8 Å². The Morgan fingerprint density at radius 1 is 0.971 bits per heavy atom. The van der Waals surface area contributed by atoms with E-state index in [1.807, 2.05) is 0 Å². The van der Waals surface area contributed by atoms with Crippen molar-refractivity contribution in [2.45, 2.75) is 6.18 Å². The molecule has 1 amide bonds. The van der Waals surface area contributed by atoms with Gasteiger partial charge < -0.3 is 10.1 Å². The van der Waals surface area contributed by atoms with Crippen LogP contribution in [0.2, 0.25) is 5.15 Å². The number of esters is 1. The topological polar surface area (TPSA) is 59.8 Å². The number of fused-ring (bicyclic) bond motifs is 1. The molecule has 2 aromatic heterocycles. The third-order valence-electron chi connectivity index (χ3n) is 5.19. The SMILES string of the molecule is COC(=O)c1ccc2cc(C(F)(F)F)c(-c3ccc(NC(=O)c4c(F)cccc4F)cc3)n2c1Cl. The van der Waals surface area contributed by atoms with E-state index < -0.39 is 40.8 Å². The number of hydrogen-bond acceptors (Lipinski definition) is 3. The number of carbonyl (C=O) groups is 2. The number of alkyl halides is 3. The minimum Gasteiger partial charge on any atom is -0.465 e. The summed E-state index contributed by atoms with van der Waals surface area (Å²) in [6.45, 7) is 0. The van der Waals surface area contributed by atoms with Crippen LogP contribution in [0.3, 0.4) is 0 Å². The fraction of sp³-hybridized carbons (Fsp3) is 0.0833. The number of halogens is 6. The van der Waals surface area contributed by atoms with E-state index in [-0.39, 0.29) is 33.2 Å². The standard InChI is InChI=1S/C24H14ClF5N2O3/c1-35-23(34)15-10-9-14-11-16(24(28,29)30)20(32(14)21(15)25)12-5-7-13(8-6-12)31-22(33)19-17(26)3-2-4-18(19)27/h2-11H,1H3,(H,31,33). The summed E-state index contributed by atoms with van der Waals surface area (Å²) in [6.07, 6.45) is -4.76. The van der Waals surface area contributed by atoms with Crippen molar-refractivity contribution in [2.75, 3.05) is 12.4 Å². The number of methoxy groups -OCH3 is 1. The van der Waals surface area contributed by atoms with Gasteiger partial charge >= 0.3 is 12.1 Å². The quantitative estimate of drug-likeness (QED) is 0.192. The van der Waals surface area contributed by atoms with Gasteiger partial charge in [0.2, 0.25) is 0 Å². The summed E-state index contributed by atoms with van der Waals surface area (Å²) >= 11 is 6.30. The molecule has 1 N–H and O–H groups in total. The van der Waals surface area contributed by atoms with Crippen molar-refractivity contribution in [2.24, 2.45) is 0 Å². The molecule has 0 saturated carbocycles. The van der Waals surface area contributed by atoms with E-state index in [0.717, 1.165) is 35.8 Å². The number of aromatic nitrogens is 1. The Morgan fingerprint density at radius 3 is 2.17 bits per heavy atom. The van der Waals surface area contributed by atoms with Crippen molar-refractivity contribution in [3.63, 3.8) is 0 Å². The van der Waals surface area contributed by atoms with Crippen LogP contribution >= 0.6 is 11.6 Å². The summed E-state index contributed by atoms with van der Waals surface area (Å²) < 4.78 is 75.0. The average Bonchev–Trinajstić information content (AvgIpc) is 3.20. The third kappa shape index (κ3) is 4.44. The Balaban J connectivity index is 1.79. The van der Waals surface area contributed by atoms with Crippen LogP contribution in [-0.4, -0.2) is 23.4 Å². The predicted octanol–water partition coefficient (Wildman–Crippen LogP) is 6.60. The molecule has 0 spiro atoms. The van der Waals surface area contributed by atoms with E-state index >= 15 is 0 Å². The smallest absolute Gasteiger partial charge is 0.418 e. The van der Waals surface area contributed by atoms with E-state index in [1.165, 1.54) is 36.4 Å². The van der Waals surface area contributed by atoms with Gasteiger partial charge in [0, 0.05) is 11.2 Å². The summed E-state index contributed by atoms with van der Waals surface area (Å²) in [6, 6.07) is 11.5. The molecule has 0 aliphatic heterocycles. The molecular formula is C24H14ClF5N2O3. The van der Waals surface area contributed by atoms with Crippen molar-refractivity contribution in [3.05, 3.63) is 94.1 Å². The number of amides is 1. The predicted molar refractivity (Wildman–Crippen MR) is 118 cm³/mol. The maximum atomic E-state index is 13.9. The van der Waals surface area contributed by atoms with Gasteiger partial charge in [0.1, 0.15) is 22.4 Å². The molecule has 0 atom stereocenters. The van der Waals surface area contributed by atoms with Gasteiger partial charge in [-0.1, -0.05) is 29.8 Å². The number of nitrogens with one attached hydrogen (secondary N) is 1. The normalized spacial score (nSPS) is 11.5. The Labute approximate surface area is 199 Å². The van der Waals surface area contributed by atoms with Crippen LogP contribution in [0.1, 0.15) is 26.3 Å². The molecule has 4 rings (SSSR count). The number of anilines is 1. The molecule has 5 nitrogen and oxygen atoms in total. The number of hydrogen-bond donors (Lipinski definition) is 1. The van der Waals surface area contributed by atoms with Crippen LogP contribution < -0.4 is 5.32 Å². The second-order valence-corrected chi connectivity index (χ2v) is 7.68. The second kappa shape index (κ2) is 9.03. The minimum absolute atomic E-state index is 0.0521. The van der Waals surface area contributed by atoms with E-state index in [4.69, 9.17) is 11.6 Å². The average molecular weight is 509 g/mol. The highest BCUT2D eigenvalue weighted by Gasteiger charge is 2.37. The third-order valence-corrected chi connectivity index (χ3v) is 5.56. The fourth-order valence-electron chi connectivity index (χ4n) is 3.61. The van der Waals surface area contributed by atoms with Gasteiger partial charge in [-0.2, -0.15) is 13.2 Å². The highest BCUT2D eigenvalue weighted by molar-refractivity contribution is 6.33. The first-order valence-corrected chi connectivity index (χ1v) is 10.3. The lowest BCUT2D eigenvalue weighted by Gasteiger charge is -2.13.